The first kappa shape index (κ1) is 34.3. The molecule has 3 aromatic carbocycles. The summed E-state index contributed by atoms with van der Waals surface area (Å²) in [6.07, 6.45) is 0.753. The van der Waals surface area contributed by atoms with Crippen LogP contribution >= 0.6 is 27.7 Å². The smallest absolute Gasteiger partial charge is 0.356 e. The number of esters is 2. The van der Waals surface area contributed by atoms with Crippen LogP contribution in [-0.4, -0.2) is 69.3 Å². The topological polar surface area (TPSA) is 141 Å². The SMILES string of the molecule is C=CC1=C(C(=O)OC(c2ccccc2)c2ccccc2)N2C(=O)C(NC(=O)C(=NOCC(=O)OCc3ccccc3)C(=O)CBr)[C@@H]2SC1. The summed E-state index contributed by atoms with van der Waals surface area (Å²) in [6.45, 7) is 3.18. The quantitative estimate of drug-likeness (QED) is 0.0644. The number of thioether (sulfide) groups is 1. The highest BCUT2D eigenvalue weighted by Crippen LogP contribution is 2.41. The number of hydrogen-bond acceptors (Lipinski definition) is 10. The summed E-state index contributed by atoms with van der Waals surface area (Å²) in [5, 5.41) is 5.17. The van der Waals surface area contributed by atoms with Crippen molar-refractivity contribution in [2.75, 3.05) is 17.7 Å². The molecule has 2 aliphatic heterocycles. The molecule has 0 saturated carbocycles. The molecule has 0 spiro atoms. The minimum absolute atomic E-state index is 0.0104. The van der Waals surface area contributed by atoms with Crippen molar-refractivity contribution in [1.29, 1.82) is 0 Å². The minimum Gasteiger partial charge on any atom is -0.458 e. The molecular formula is C35H30BrN3O8S. The lowest BCUT2D eigenvalue weighted by Crippen LogP contribution is -2.71. The number of rotatable bonds is 14. The third-order valence-electron chi connectivity index (χ3n) is 7.34. The Morgan fingerprint density at radius 1 is 0.979 bits per heavy atom. The van der Waals surface area contributed by atoms with Crippen LogP contribution in [0.1, 0.15) is 22.8 Å². The highest BCUT2D eigenvalue weighted by Gasteiger charge is 2.54. The molecule has 3 aromatic rings. The van der Waals surface area contributed by atoms with E-state index in [-0.39, 0.29) is 17.6 Å². The monoisotopic (exact) mass is 731 g/mol. The molecule has 0 bridgehead atoms. The predicted octanol–water partition coefficient (Wildman–Crippen LogP) is 4.24. The zero-order valence-corrected chi connectivity index (χ0v) is 27.9. The second kappa shape index (κ2) is 16.2. The average Bonchev–Trinajstić information content (AvgIpc) is 3.13. The summed E-state index contributed by atoms with van der Waals surface area (Å²) >= 11 is 4.32. The van der Waals surface area contributed by atoms with Crippen molar-refractivity contribution in [3.8, 4) is 0 Å². The summed E-state index contributed by atoms with van der Waals surface area (Å²) in [4.78, 5) is 71.3. The number of β-lactam (4-membered cyclic amide) rings is 1. The van der Waals surface area contributed by atoms with Crippen LogP contribution in [0.4, 0.5) is 0 Å². The van der Waals surface area contributed by atoms with E-state index in [1.54, 1.807) is 24.3 Å². The van der Waals surface area contributed by atoms with Gasteiger partial charge < -0.3 is 19.6 Å². The Morgan fingerprint density at radius 2 is 1.58 bits per heavy atom. The molecule has 0 aromatic heterocycles. The van der Waals surface area contributed by atoms with Crippen LogP contribution in [0.5, 0.6) is 0 Å². The number of halogens is 1. The summed E-state index contributed by atoms with van der Waals surface area (Å²) in [7, 11) is 0. The molecule has 0 aliphatic carbocycles. The van der Waals surface area contributed by atoms with Gasteiger partial charge in [-0.05, 0) is 22.3 Å². The Balaban J connectivity index is 1.26. The van der Waals surface area contributed by atoms with E-state index in [0.29, 0.717) is 11.3 Å². The Labute approximate surface area is 289 Å². The summed E-state index contributed by atoms with van der Waals surface area (Å²) in [5.74, 6) is -3.48. The molecule has 2 aliphatic rings. The van der Waals surface area contributed by atoms with Gasteiger partial charge in [-0.15, -0.1) is 11.8 Å². The third kappa shape index (κ3) is 7.92. The molecule has 246 valence electrons. The number of Topliss-reactive ketones (excluding diaryl/α,β-unsaturated/α-hetero) is 1. The minimum atomic E-state index is -1.08. The van der Waals surface area contributed by atoms with Gasteiger partial charge in [0, 0.05) is 5.75 Å². The Kier molecular flexibility index (Phi) is 11.6. The molecule has 2 amide bonds. The van der Waals surface area contributed by atoms with Crippen LogP contribution < -0.4 is 5.32 Å². The number of carbonyl (C=O) groups is 5. The first-order chi connectivity index (χ1) is 23.3. The molecule has 5 rings (SSSR count). The van der Waals surface area contributed by atoms with Gasteiger partial charge in [-0.1, -0.05) is 125 Å². The first-order valence-corrected chi connectivity index (χ1v) is 16.9. The fourth-order valence-corrected chi connectivity index (χ4v) is 6.56. The van der Waals surface area contributed by atoms with Crippen molar-refractivity contribution in [1.82, 2.24) is 10.2 Å². The van der Waals surface area contributed by atoms with Crippen LogP contribution in [0.25, 0.3) is 0 Å². The maximum absolute atomic E-state index is 13.8. The van der Waals surface area contributed by atoms with Gasteiger partial charge in [0.25, 0.3) is 11.8 Å². The van der Waals surface area contributed by atoms with E-state index in [0.717, 1.165) is 16.7 Å². The molecule has 13 heteroatoms. The van der Waals surface area contributed by atoms with Gasteiger partial charge in [0.05, 0.1) is 5.33 Å². The van der Waals surface area contributed by atoms with E-state index >= 15 is 0 Å². The van der Waals surface area contributed by atoms with Gasteiger partial charge in [-0.2, -0.15) is 0 Å². The summed E-state index contributed by atoms with van der Waals surface area (Å²) in [6, 6.07) is 26.4. The Hall–Kier alpha value is -5.01. The number of nitrogens with zero attached hydrogens (tertiary/aromatic N) is 2. The van der Waals surface area contributed by atoms with Crippen LogP contribution in [-0.2, 0) is 44.9 Å². The number of benzene rings is 3. The molecule has 1 N–H and O–H groups in total. The van der Waals surface area contributed by atoms with E-state index in [2.05, 4.69) is 33.0 Å². The molecule has 1 saturated heterocycles. The lowest BCUT2D eigenvalue weighted by Gasteiger charge is -2.49. The predicted molar refractivity (Wildman–Crippen MR) is 181 cm³/mol. The van der Waals surface area contributed by atoms with E-state index < -0.39 is 59.4 Å². The van der Waals surface area contributed by atoms with E-state index in [9.17, 15) is 24.0 Å². The fraction of sp³-hybridized carbons (Fsp3) is 0.200. The van der Waals surface area contributed by atoms with Crippen molar-refractivity contribution in [3.63, 3.8) is 0 Å². The first-order valence-electron chi connectivity index (χ1n) is 14.7. The highest BCUT2D eigenvalue weighted by molar-refractivity contribution is 9.09. The maximum Gasteiger partial charge on any atom is 0.356 e. The number of ether oxygens (including phenoxy) is 2. The van der Waals surface area contributed by atoms with E-state index in [4.69, 9.17) is 14.3 Å². The van der Waals surface area contributed by atoms with Crippen LogP contribution in [0.2, 0.25) is 0 Å². The summed E-state index contributed by atoms with van der Waals surface area (Å²) in [5.41, 5.74) is 2.14. The van der Waals surface area contributed by atoms with Crippen LogP contribution in [0.15, 0.2) is 120 Å². The van der Waals surface area contributed by atoms with E-state index in [1.165, 1.54) is 22.7 Å². The van der Waals surface area contributed by atoms with Gasteiger partial charge in [-0.25, -0.2) is 9.59 Å². The molecular weight excluding hydrogens is 702 g/mol. The number of amides is 2. The van der Waals surface area contributed by atoms with Crippen LogP contribution in [0.3, 0.4) is 0 Å². The zero-order chi connectivity index (χ0) is 34.0. The van der Waals surface area contributed by atoms with Gasteiger partial charge in [-0.3, -0.25) is 19.3 Å². The third-order valence-corrected chi connectivity index (χ3v) is 9.15. The second-order valence-corrected chi connectivity index (χ2v) is 12.1. The number of hydrogen-bond donors (Lipinski definition) is 1. The normalized spacial score (nSPS) is 17.2. The highest BCUT2D eigenvalue weighted by atomic mass is 79.9. The second-order valence-electron chi connectivity index (χ2n) is 10.5. The van der Waals surface area contributed by atoms with E-state index in [1.807, 2.05) is 66.7 Å². The van der Waals surface area contributed by atoms with Gasteiger partial charge in [0.1, 0.15) is 23.7 Å². The van der Waals surface area contributed by atoms with Gasteiger partial charge in [0.15, 0.2) is 6.10 Å². The largest absolute Gasteiger partial charge is 0.458 e. The lowest BCUT2D eigenvalue weighted by molar-refractivity contribution is -0.154. The standard InChI is InChI=1S/C35H30BrN3O8S/c1-2-23-21-48-34-29(37-32(42)28(26(40)18-36)38-46-20-27(41)45-19-22-12-6-3-7-13-22)33(43)39(34)30(23)35(44)47-31(24-14-8-4-9-15-24)25-16-10-5-11-17-25/h2-17,29,31,34H,1,18-21H2,(H,37,42)/t29?,34-/m0/s1. The molecule has 48 heavy (non-hydrogen) atoms. The zero-order valence-electron chi connectivity index (χ0n) is 25.5. The summed E-state index contributed by atoms with van der Waals surface area (Å²) < 4.78 is 11.2. The van der Waals surface area contributed by atoms with Crippen molar-refractivity contribution in [2.24, 2.45) is 5.16 Å². The molecule has 1 fully saturated rings. The van der Waals surface area contributed by atoms with Crippen molar-refractivity contribution < 1.29 is 38.3 Å². The Bertz CT molecular complexity index is 1710. The number of carbonyl (C=O) groups excluding carboxylic acids is 5. The van der Waals surface area contributed by atoms with Crippen molar-refractivity contribution >= 4 is 62.9 Å². The molecule has 2 atom stereocenters. The Morgan fingerprint density at radius 3 is 2.17 bits per heavy atom. The number of fused-ring (bicyclic) bond motifs is 1. The van der Waals surface area contributed by atoms with Crippen molar-refractivity contribution in [3.05, 3.63) is 132 Å². The molecule has 2 heterocycles. The molecule has 11 nitrogen and oxygen atoms in total. The number of nitrogens with one attached hydrogen (secondary N) is 1. The molecule has 0 radical (unpaired) electrons. The van der Waals surface area contributed by atoms with Gasteiger partial charge in [0.2, 0.25) is 18.1 Å². The average molecular weight is 733 g/mol. The lowest BCUT2D eigenvalue weighted by atomic mass is 10.0. The van der Waals surface area contributed by atoms with Gasteiger partial charge >= 0.3 is 11.9 Å². The number of allylic oxidation sites excluding steroid dienone is 1. The van der Waals surface area contributed by atoms with Crippen LogP contribution in [0, 0.1) is 0 Å². The maximum atomic E-state index is 13.8. The fourth-order valence-electron chi connectivity index (χ4n) is 4.96. The number of ketones is 1. The van der Waals surface area contributed by atoms with Crippen molar-refractivity contribution in [2.45, 2.75) is 24.1 Å². The number of oxime groups is 1. The molecule has 1 unspecified atom stereocenters. The number of alkyl halides is 1.